The zero-order valence-corrected chi connectivity index (χ0v) is 11.6. The van der Waals surface area contributed by atoms with Crippen molar-refractivity contribution in [1.29, 1.82) is 0 Å². The average molecular weight is 300 g/mol. The number of benzene rings is 2. The van der Waals surface area contributed by atoms with Gasteiger partial charge >= 0.3 is 11.9 Å². The largest absolute Gasteiger partial charge is 0.481 e. The number of hydrogen-bond acceptors (Lipinski definition) is 3. The molecule has 0 aliphatic carbocycles. The number of para-hydroxylation sites is 1. The van der Waals surface area contributed by atoms with E-state index in [4.69, 9.17) is 9.84 Å². The quantitative estimate of drug-likeness (QED) is 0.699. The van der Waals surface area contributed by atoms with Gasteiger partial charge in [0, 0.05) is 11.1 Å². The second-order valence-electron chi connectivity index (χ2n) is 5.18. The number of fused-ring (bicyclic) bond motifs is 1. The molecule has 0 radical (unpaired) electrons. The van der Waals surface area contributed by atoms with E-state index in [-0.39, 0.29) is 6.42 Å². The summed E-state index contributed by atoms with van der Waals surface area (Å²) in [6, 6.07) is 11.2. The Kier molecular flexibility index (Phi) is 3.63. The molecule has 2 aromatic rings. The second kappa shape index (κ2) is 5.60. The summed E-state index contributed by atoms with van der Waals surface area (Å²) in [4.78, 5) is 23.1. The molecule has 1 heterocycles. The van der Waals surface area contributed by atoms with Gasteiger partial charge in [-0.1, -0.05) is 36.4 Å². The minimum atomic E-state index is -0.999. The van der Waals surface area contributed by atoms with Crippen LogP contribution in [0.4, 0.5) is 4.39 Å². The van der Waals surface area contributed by atoms with E-state index in [9.17, 15) is 14.0 Å². The molecule has 1 unspecified atom stereocenters. The molecule has 112 valence electrons. The molecule has 0 spiro atoms. The number of hydrogen-bond donors (Lipinski definition) is 1. The Morgan fingerprint density at radius 3 is 2.73 bits per heavy atom. The van der Waals surface area contributed by atoms with Gasteiger partial charge in [-0.2, -0.15) is 0 Å². The third-order valence-electron chi connectivity index (χ3n) is 3.71. The lowest BCUT2D eigenvalue weighted by atomic mass is 9.88. The zero-order valence-electron chi connectivity index (χ0n) is 11.6. The minimum absolute atomic E-state index is 0.221. The van der Waals surface area contributed by atoms with Gasteiger partial charge in [-0.15, -0.1) is 0 Å². The monoisotopic (exact) mass is 300 g/mol. The number of rotatable bonds is 3. The molecule has 4 nitrogen and oxygen atoms in total. The van der Waals surface area contributed by atoms with E-state index in [0.717, 1.165) is 0 Å². The number of carboxylic acids is 1. The Hall–Kier alpha value is -2.69. The summed E-state index contributed by atoms with van der Waals surface area (Å²) in [6.07, 6.45) is 0.0728. The molecule has 1 N–H and O–H groups in total. The Bertz CT molecular complexity index is 754. The SMILES string of the molecule is O=C(O)Cc1cccc2c1OC(=O)C(c1ccccc1F)C2. The number of carboxylic acid groups (broad SMARTS) is 1. The molecular formula is C17H13FO4. The smallest absolute Gasteiger partial charge is 0.319 e. The molecule has 5 heteroatoms. The molecule has 0 saturated heterocycles. The van der Waals surface area contributed by atoms with Crippen molar-refractivity contribution < 1.29 is 23.8 Å². The van der Waals surface area contributed by atoms with Crippen LogP contribution in [-0.4, -0.2) is 17.0 Å². The highest BCUT2D eigenvalue weighted by molar-refractivity contribution is 5.84. The zero-order chi connectivity index (χ0) is 15.7. The van der Waals surface area contributed by atoms with Gasteiger partial charge in [-0.25, -0.2) is 4.39 Å². The van der Waals surface area contributed by atoms with Crippen molar-refractivity contribution in [3.63, 3.8) is 0 Å². The van der Waals surface area contributed by atoms with Gasteiger partial charge in [-0.05, 0) is 18.1 Å². The molecule has 0 fully saturated rings. The van der Waals surface area contributed by atoms with Crippen LogP contribution in [0.5, 0.6) is 5.75 Å². The first-order valence-corrected chi connectivity index (χ1v) is 6.85. The molecule has 0 aromatic heterocycles. The van der Waals surface area contributed by atoms with Gasteiger partial charge in [0.05, 0.1) is 12.3 Å². The van der Waals surface area contributed by atoms with Crippen molar-refractivity contribution >= 4 is 11.9 Å². The highest BCUT2D eigenvalue weighted by Crippen LogP contribution is 2.36. The van der Waals surface area contributed by atoms with Crippen molar-refractivity contribution in [2.75, 3.05) is 0 Å². The standard InChI is InChI=1S/C17H13FO4/c18-14-7-2-1-6-12(14)13-8-10-4-3-5-11(9-15(19)20)16(10)22-17(13)21/h1-7,13H,8-9H2,(H,19,20). The third kappa shape index (κ3) is 2.57. The maximum absolute atomic E-state index is 13.9. The van der Waals surface area contributed by atoms with Gasteiger partial charge in [0.2, 0.25) is 0 Å². The van der Waals surface area contributed by atoms with E-state index in [1.54, 1.807) is 36.4 Å². The molecule has 0 saturated carbocycles. The maximum Gasteiger partial charge on any atom is 0.319 e. The fourth-order valence-corrected chi connectivity index (χ4v) is 2.70. The Morgan fingerprint density at radius 2 is 2.00 bits per heavy atom. The fraction of sp³-hybridized carbons (Fsp3) is 0.176. The van der Waals surface area contributed by atoms with Crippen molar-refractivity contribution in [3.05, 3.63) is 65.0 Å². The maximum atomic E-state index is 13.9. The topological polar surface area (TPSA) is 63.6 Å². The van der Waals surface area contributed by atoms with Crippen molar-refractivity contribution in [1.82, 2.24) is 0 Å². The van der Waals surface area contributed by atoms with E-state index in [2.05, 4.69) is 0 Å². The van der Waals surface area contributed by atoms with Crippen LogP contribution in [0.1, 0.15) is 22.6 Å². The Labute approximate surface area is 126 Å². The average Bonchev–Trinajstić information content (AvgIpc) is 2.48. The summed E-state index contributed by atoms with van der Waals surface area (Å²) in [5.74, 6) is -2.43. The summed E-state index contributed by atoms with van der Waals surface area (Å²) in [5, 5.41) is 8.91. The summed E-state index contributed by atoms with van der Waals surface area (Å²) < 4.78 is 19.2. The van der Waals surface area contributed by atoms with Crippen molar-refractivity contribution in [2.45, 2.75) is 18.8 Å². The van der Waals surface area contributed by atoms with E-state index < -0.39 is 23.7 Å². The van der Waals surface area contributed by atoms with E-state index in [1.165, 1.54) is 6.07 Å². The first-order chi connectivity index (χ1) is 10.6. The summed E-state index contributed by atoms with van der Waals surface area (Å²) in [7, 11) is 0. The third-order valence-corrected chi connectivity index (χ3v) is 3.71. The number of esters is 1. The second-order valence-corrected chi connectivity index (χ2v) is 5.18. The molecule has 0 amide bonds. The molecule has 3 rings (SSSR count). The molecule has 1 atom stereocenters. The lowest BCUT2D eigenvalue weighted by Gasteiger charge is -2.25. The van der Waals surface area contributed by atoms with Gasteiger partial charge in [-0.3, -0.25) is 9.59 Å². The van der Waals surface area contributed by atoms with Crippen LogP contribution < -0.4 is 4.74 Å². The fourth-order valence-electron chi connectivity index (χ4n) is 2.70. The Morgan fingerprint density at radius 1 is 1.23 bits per heavy atom. The van der Waals surface area contributed by atoms with Crippen LogP contribution in [0.25, 0.3) is 0 Å². The van der Waals surface area contributed by atoms with Gasteiger partial charge in [0.15, 0.2) is 0 Å². The van der Waals surface area contributed by atoms with E-state index in [1.807, 2.05) is 0 Å². The lowest BCUT2D eigenvalue weighted by molar-refractivity contribution is -0.138. The highest BCUT2D eigenvalue weighted by Gasteiger charge is 2.32. The first-order valence-electron chi connectivity index (χ1n) is 6.85. The van der Waals surface area contributed by atoms with Gasteiger partial charge < -0.3 is 9.84 Å². The normalized spacial score (nSPS) is 16.8. The molecule has 2 aromatic carbocycles. The predicted molar refractivity (Wildman–Crippen MR) is 76.3 cm³/mol. The molecule has 0 bridgehead atoms. The van der Waals surface area contributed by atoms with Gasteiger partial charge in [0.25, 0.3) is 0 Å². The minimum Gasteiger partial charge on any atom is -0.481 e. The summed E-state index contributed by atoms with van der Waals surface area (Å²) in [6.45, 7) is 0. The first kappa shape index (κ1) is 14.3. The lowest BCUT2D eigenvalue weighted by Crippen LogP contribution is -2.27. The van der Waals surface area contributed by atoms with Crippen LogP contribution in [0, 0.1) is 5.82 Å². The number of carbonyl (C=O) groups is 2. The molecule has 22 heavy (non-hydrogen) atoms. The van der Waals surface area contributed by atoms with Crippen LogP contribution in [-0.2, 0) is 22.4 Å². The van der Waals surface area contributed by atoms with Crippen molar-refractivity contribution in [2.24, 2.45) is 0 Å². The molecule has 1 aliphatic rings. The number of carbonyl (C=O) groups excluding carboxylic acids is 1. The van der Waals surface area contributed by atoms with Crippen LogP contribution in [0.2, 0.25) is 0 Å². The number of ether oxygens (including phenoxy) is 1. The van der Waals surface area contributed by atoms with Crippen molar-refractivity contribution in [3.8, 4) is 5.75 Å². The number of aliphatic carboxylic acids is 1. The van der Waals surface area contributed by atoms with Gasteiger partial charge in [0.1, 0.15) is 11.6 Å². The number of halogens is 1. The molecule has 1 aliphatic heterocycles. The van der Waals surface area contributed by atoms with Crippen LogP contribution in [0.3, 0.4) is 0 Å². The highest BCUT2D eigenvalue weighted by atomic mass is 19.1. The van der Waals surface area contributed by atoms with Crippen LogP contribution in [0.15, 0.2) is 42.5 Å². The molecular weight excluding hydrogens is 287 g/mol. The van der Waals surface area contributed by atoms with Crippen LogP contribution >= 0.6 is 0 Å². The Balaban J connectivity index is 1.98. The summed E-state index contributed by atoms with van der Waals surface area (Å²) >= 11 is 0. The summed E-state index contributed by atoms with van der Waals surface area (Å²) in [5.41, 5.74) is 1.46. The predicted octanol–water partition coefficient (Wildman–Crippen LogP) is 2.70. The van der Waals surface area contributed by atoms with E-state index in [0.29, 0.717) is 28.9 Å². The van der Waals surface area contributed by atoms with E-state index >= 15 is 0 Å².